The number of aromatic nitrogens is 2. The smallest absolute Gasteiger partial charge is 0.321 e. The number of unbranched alkanes of at least 4 members (excludes halogenated alkanes) is 2. The zero-order chi connectivity index (χ0) is 28.8. The number of aromatic amines is 1. The molecule has 0 saturated heterocycles. The predicted molar refractivity (Wildman–Crippen MR) is 159 cm³/mol. The summed E-state index contributed by atoms with van der Waals surface area (Å²) in [6.45, 7) is 7.15. The molecule has 0 radical (unpaired) electrons. The van der Waals surface area contributed by atoms with Crippen LogP contribution < -0.4 is 10.2 Å². The number of aryl methyl sites for hydroxylation is 1. The van der Waals surface area contributed by atoms with Gasteiger partial charge in [0.2, 0.25) is 0 Å². The highest BCUT2D eigenvalue weighted by Crippen LogP contribution is 2.45. The molecule has 0 bridgehead atoms. The normalized spacial score (nSPS) is 16.7. The maximum absolute atomic E-state index is 14.2. The maximum atomic E-state index is 14.2. The topological polar surface area (TPSA) is 115 Å². The van der Waals surface area contributed by atoms with Gasteiger partial charge in [0, 0.05) is 42.5 Å². The molecule has 3 N–H and O–H groups in total. The van der Waals surface area contributed by atoms with Crippen molar-refractivity contribution in [3.8, 4) is 0 Å². The minimum Gasteiger partial charge on any atom is -0.480 e. The van der Waals surface area contributed by atoms with Gasteiger partial charge >= 0.3 is 5.97 Å². The van der Waals surface area contributed by atoms with Gasteiger partial charge in [-0.1, -0.05) is 57.7 Å². The van der Waals surface area contributed by atoms with Crippen LogP contribution in [0.1, 0.15) is 69.2 Å². The van der Waals surface area contributed by atoms with Crippen molar-refractivity contribution in [1.29, 1.82) is 0 Å². The zero-order valence-corrected chi connectivity index (χ0v) is 24.6. The summed E-state index contributed by atoms with van der Waals surface area (Å²) in [4.78, 5) is 21.4. The average molecular weight is 567 g/mol. The van der Waals surface area contributed by atoms with E-state index in [0.717, 1.165) is 61.0 Å². The highest BCUT2D eigenvalue weighted by atomic mass is 32.2. The van der Waals surface area contributed by atoms with Crippen LogP contribution in [0.4, 0.5) is 11.4 Å². The van der Waals surface area contributed by atoms with Gasteiger partial charge in [0.25, 0.3) is 0 Å². The average Bonchev–Trinajstić information content (AvgIpc) is 3.42. The third-order valence-corrected chi connectivity index (χ3v) is 10.0. The predicted octanol–water partition coefficient (Wildman–Crippen LogP) is 5.80. The fourth-order valence-electron chi connectivity index (χ4n) is 5.78. The number of carboxylic acid groups (broad SMARTS) is 1. The second-order valence-electron chi connectivity index (χ2n) is 11.2. The summed E-state index contributed by atoms with van der Waals surface area (Å²) >= 11 is 0. The Hall–Kier alpha value is -3.17. The number of fused-ring (bicyclic) bond motifs is 1. The van der Waals surface area contributed by atoms with Crippen LogP contribution in [0.25, 0.3) is 0 Å². The highest BCUT2D eigenvalue weighted by molar-refractivity contribution is 7.91. The Labute approximate surface area is 238 Å². The van der Waals surface area contributed by atoms with Crippen molar-refractivity contribution in [3.05, 3.63) is 71.8 Å². The van der Waals surface area contributed by atoms with Crippen LogP contribution in [0, 0.1) is 12.3 Å². The second kappa shape index (κ2) is 13.0. The van der Waals surface area contributed by atoms with Crippen molar-refractivity contribution in [2.75, 3.05) is 17.2 Å². The van der Waals surface area contributed by atoms with E-state index in [1.807, 2.05) is 43.3 Å². The number of para-hydroxylation sites is 1. The van der Waals surface area contributed by atoms with Crippen molar-refractivity contribution in [1.82, 2.24) is 15.3 Å². The number of aliphatic carboxylic acids is 1. The summed E-state index contributed by atoms with van der Waals surface area (Å²) in [5.74, 6) is -0.856. The van der Waals surface area contributed by atoms with Gasteiger partial charge in [0.05, 0.1) is 22.7 Å². The molecule has 40 heavy (non-hydrogen) atoms. The first-order valence-corrected chi connectivity index (χ1v) is 16.0. The van der Waals surface area contributed by atoms with E-state index in [2.05, 4.69) is 34.0 Å². The van der Waals surface area contributed by atoms with Gasteiger partial charge in [-0.3, -0.25) is 10.1 Å². The number of H-pyrrole nitrogens is 1. The molecule has 1 aliphatic rings. The molecule has 0 amide bonds. The molecule has 9 heteroatoms. The number of nitrogens with one attached hydrogen (secondary N) is 2. The standard InChI is InChI=1S/C31H42N4O4S/c1-4-6-13-31(14-7-5-2)20-35(26-11-9-8-10-12-26)28-15-23(3)24(16-29(28)40(38,39)21-31)18-33-27(30(36)37)17-25-19-32-22-34-25/h8-12,15-16,19,22,27,33H,4-7,13-14,17-18,20-21H2,1-3H3,(H,32,34)(H,36,37)/t27-/m1/s1. The molecule has 1 aromatic heterocycles. The fraction of sp³-hybridized carbons (Fsp3) is 0.484. The number of sulfone groups is 1. The molecule has 3 aromatic rings. The number of hydrogen-bond acceptors (Lipinski definition) is 6. The van der Waals surface area contributed by atoms with Gasteiger partial charge in [0.15, 0.2) is 9.84 Å². The maximum Gasteiger partial charge on any atom is 0.321 e. The van der Waals surface area contributed by atoms with E-state index in [0.29, 0.717) is 17.1 Å². The van der Waals surface area contributed by atoms with Gasteiger partial charge in [0.1, 0.15) is 6.04 Å². The van der Waals surface area contributed by atoms with Crippen LogP contribution in [-0.4, -0.2) is 47.8 Å². The van der Waals surface area contributed by atoms with E-state index in [1.54, 1.807) is 12.3 Å². The zero-order valence-electron chi connectivity index (χ0n) is 23.8. The molecule has 0 saturated carbocycles. The molecule has 216 valence electrons. The Morgan fingerprint density at radius 1 is 1.15 bits per heavy atom. The summed E-state index contributed by atoms with van der Waals surface area (Å²) in [6, 6.07) is 12.9. The second-order valence-corrected chi connectivity index (χ2v) is 13.1. The van der Waals surface area contributed by atoms with E-state index in [1.165, 1.54) is 6.33 Å². The van der Waals surface area contributed by atoms with E-state index in [4.69, 9.17) is 0 Å². The minimum absolute atomic E-state index is 0.115. The summed E-state index contributed by atoms with van der Waals surface area (Å²) in [5, 5.41) is 12.9. The van der Waals surface area contributed by atoms with Crippen molar-refractivity contribution >= 4 is 27.2 Å². The summed E-state index contributed by atoms with van der Waals surface area (Å²) < 4.78 is 28.4. The quantitative estimate of drug-likeness (QED) is 0.240. The third-order valence-electron chi connectivity index (χ3n) is 8.04. The number of nitrogens with zero attached hydrogens (tertiary/aromatic N) is 2. The van der Waals surface area contributed by atoms with E-state index < -0.39 is 21.8 Å². The van der Waals surface area contributed by atoms with Gasteiger partial charge in [-0.05, 0) is 55.2 Å². The summed E-state index contributed by atoms with van der Waals surface area (Å²) in [5.41, 5.74) is 3.74. The van der Waals surface area contributed by atoms with Crippen molar-refractivity contribution in [2.24, 2.45) is 5.41 Å². The Morgan fingerprint density at radius 3 is 2.45 bits per heavy atom. The Balaban J connectivity index is 1.75. The molecule has 2 aromatic carbocycles. The molecule has 0 fully saturated rings. The molecular formula is C31H42N4O4S. The minimum atomic E-state index is -3.62. The molecular weight excluding hydrogens is 524 g/mol. The van der Waals surface area contributed by atoms with Crippen molar-refractivity contribution in [2.45, 2.75) is 83.2 Å². The highest BCUT2D eigenvalue weighted by Gasteiger charge is 2.42. The lowest BCUT2D eigenvalue weighted by Crippen LogP contribution is -2.38. The summed E-state index contributed by atoms with van der Waals surface area (Å²) in [6.07, 6.45) is 9.11. The van der Waals surface area contributed by atoms with Gasteiger partial charge < -0.3 is 15.0 Å². The van der Waals surface area contributed by atoms with Gasteiger partial charge in [-0.25, -0.2) is 13.4 Å². The first kappa shape index (κ1) is 29.8. The van der Waals surface area contributed by atoms with Crippen LogP contribution in [0.15, 0.2) is 59.9 Å². The molecule has 1 atom stereocenters. The van der Waals surface area contributed by atoms with Gasteiger partial charge in [-0.15, -0.1) is 0 Å². The number of hydrogen-bond donors (Lipinski definition) is 3. The first-order valence-electron chi connectivity index (χ1n) is 14.3. The molecule has 4 rings (SSSR count). The lowest BCUT2D eigenvalue weighted by Gasteiger charge is -2.37. The van der Waals surface area contributed by atoms with Crippen LogP contribution in [-0.2, 0) is 27.6 Å². The number of imidazole rings is 1. The number of carbonyl (C=O) groups is 1. The molecule has 0 aliphatic carbocycles. The molecule has 8 nitrogen and oxygen atoms in total. The van der Waals surface area contributed by atoms with E-state index in [9.17, 15) is 18.3 Å². The monoisotopic (exact) mass is 566 g/mol. The molecule has 0 spiro atoms. The number of rotatable bonds is 13. The Kier molecular flexibility index (Phi) is 9.68. The lowest BCUT2D eigenvalue weighted by atomic mass is 9.79. The van der Waals surface area contributed by atoms with Crippen LogP contribution in [0.2, 0.25) is 0 Å². The summed E-state index contributed by atoms with van der Waals surface area (Å²) in [7, 11) is -3.62. The largest absolute Gasteiger partial charge is 0.480 e. The first-order chi connectivity index (χ1) is 19.2. The third kappa shape index (κ3) is 6.93. The van der Waals surface area contributed by atoms with Crippen LogP contribution in [0.5, 0.6) is 0 Å². The Bertz CT molecular complexity index is 1370. The molecule has 0 unspecified atom stereocenters. The Morgan fingerprint density at radius 2 is 1.85 bits per heavy atom. The van der Waals surface area contributed by atoms with Crippen molar-refractivity contribution in [3.63, 3.8) is 0 Å². The van der Waals surface area contributed by atoms with E-state index in [-0.39, 0.29) is 24.1 Å². The van der Waals surface area contributed by atoms with Crippen molar-refractivity contribution < 1.29 is 18.3 Å². The number of benzene rings is 2. The fourth-order valence-corrected chi connectivity index (χ4v) is 7.93. The van der Waals surface area contributed by atoms with Gasteiger partial charge in [-0.2, -0.15) is 0 Å². The molecule has 1 aliphatic heterocycles. The van der Waals surface area contributed by atoms with Crippen LogP contribution in [0.3, 0.4) is 0 Å². The lowest BCUT2D eigenvalue weighted by molar-refractivity contribution is -0.139. The number of anilines is 2. The number of carboxylic acids is 1. The van der Waals surface area contributed by atoms with Crippen LogP contribution >= 0.6 is 0 Å². The SMILES string of the molecule is CCCCC1(CCCC)CN(c2ccccc2)c2cc(C)c(CN[C@H](Cc3cnc[nH]3)C(=O)O)cc2S(=O)(=O)C1. The van der Waals surface area contributed by atoms with E-state index >= 15 is 0 Å². The molecule has 2 heterocycles.